The number of aromatic amines is 1. The maximum atomic E-state index is 12.3. The second kappa shape index (κ2) is 7.78. The molecule has 1 fully saturated rings. The highest BCUT2D eigenvalue weighted by atomic mass is 16.1. The minimum absolute atomic E-state index is 0.143. The number of nitrogens with zero attached hydrogens (tertiary/aromatic N) is 4. The lowest BCUT2D eigenvalue weighted by molar-refractivity contribution is 0.190. The summed E-state index contributed by atoms with van der Waals surface area (Å²) in [6.45, 7) is 12.9. The summed E-state index contributed by atoms with van der Waals surface area (Å²) in [6.07, 6.45) is 6.46. The summed E-state index contributed by atoms with van der Waals surface area (Å²) in [5, 5.41) is 8.13. The molecule has 0 saturated carbocycles. The summed E-state index contributed by atoms with van der Waals surface area (Å²) >= 11 is 0. The summed E-state index contributed by atoms with van der Waals surface area (Å²) in [7, 11) is 0. The van der Waals surface area contributed by atoms with Crippen molar-refractivity contribution in [3.05, 3.63) is 16.6 Å². The van der Waals surface area contributed by atoms with Gasteiger partial charge in [-0.2, -0.15) is 10.1 Å². The predicted octanol–water partition coefficient (Wildman–Crippen LogP) is 2.80. The molecule has 2 aromatic heterocycles. The van der Waals surface area contributed by atoms with E-state index in [0.717, 1.165) is 31.8 Å². The highest BCUT2D eigenvalue weighted by Gasteiger charge is 2.20. The molecule has 7 nitrogen and oxygen atoms in total. The van der Waals surface area contributed by atoms with Gasteiger partial charge in [0.25, 0.3) is 5.56 Å². The van der Waals surface area contributed by atoms with Gasteiger partial charge in [-0.25, -0.2) is 4.68 Å². The highest BCUT2D eigenvalue weighted by molar-refractivity contribution is 5.74. The van der Waals surface area contributed by atoms with Crippen molar-refractivity contribution in [3.8, 4) is 0 Å². The number of hydrogen-bond donors (Lipinski definition) is 2. The average Bonchev–Trinajstić information content (AvgIpc) is 3.01. The molecule has 144 valence electrons. The molecule has 0 bridgehead atoms. The lowest BCUT2D eigenvalue weighted by atomic mass is 9.99. The molecule has 1 aliphatic heterocycles. The molecule has 0 unspecified atom stereocenters. The van der Waals surface area contributed by atoms with E-state index < -0.39 is 0 Å². The Morgan fingerprint density at radius 1 is 1.27 bits per heavy atom. The van der Waals surface area contributed by atoms with Gasteiger partial charge in [-0.1, -0.05) is 6.92 Å². The fraction of sp³-hybridized carbons (Fsp3) is 0.737. The maximum absolute atomic E-state index is 12.3. The number of fused-ring (bicyclic) bond motifs is 1. The third-order valence-electron chi connectivity index (χ3n) is 5.14. The quantitative estimate of drug-likeness (QED) is 0.775. The zero-order chi connectivity index (χ0) is 18.7. The van der Waals surface area contributed by atoms with Gasteiger partial charge in [0.1, 0.15) is 5.39 Å². The second-order valence-corrected chi connectivity index (χ2v) is 8.54. The van der Waals surface area contributed by atoms with E-state index >= 15 is 0 Å². The number of nitrogens with one attached hydrogen (secondary N) is 2. The Morgan fingerprint density at radius 3 is 2.69 bits per heavy atom. The molecule has 0 spiro atoms. The molecule has 1 aliphatic rings. The molecule has 3 rings (SSSR count). The van der Waals surface area contributed by atoms with Gasteiger partial charge in [-0.05, 0) is 72.0 Å². The SMILES string of the molecule is CC1CCN(CCCCNc2nc3c(cnn3C(C)(C)C)c(=O)[nH]2)CC1. The fourth-order valence-electron chi connectivity index (χ4n) is 3.45. The zero-order valence-corrected chi connectivity index (χ0v) is 16.5. The molecular weight excluding hydrogens is 328 g/mol. The van der Waals surface area contributed by atoms with Gasteiger partial charge < -0.3 is 10.2 Å². The van der Waals surface area contributed by atoms with Gasteiger partial charge in [0.2, 0.25) is 5.95 Å². The minimum Gasteiger partial charge on any atom is -0.356 e. The first-order chi connectivity index (χ1) is 12.3. The standard InChI is InChI=1S/C19H32N6O/c1-14-7-11-24(12-8-14)10-6-5-9-20-18-22-16-15(17(26)23-18)13-21-25(16)19(2,3)4/h13-14H,5-12H2,1-4H3,(H2,20,22,23,26). The van der Waals surface area contributed by atoms with Crippen LogP contribution < -0.4 is 10.9 Å². The van der Waals surface area contributed by atoms with Crippen LogP contribution in [0.2, 0.25) is 0 Å². The van der Waals surface area contributed by atoms with Gasteiger partial charge in [0, 0.05) is 6.54 Å². The first-order valence-corrected chi connectivity index (χ1v) is 9.79. The number of H-pyrrole nitrogens is 1. The minimum atomic E-state index is -0.217. The van der Waals surface area contributed by atoms with E-state index in [4.69, 9.17) is 0 Å². The van der Waals surface area contributed by atoms with Crippen molar-refractivity contribution in [1.29, 1.82) is 0 Å². The molecule has 7 heteroatoms. The summed E-state index contributed by atoms with van der Waals surface area (Å²) < 4.78 is 1.81. The van der Waals surface area contributed by atoms with E-state index in [2.05, 4.69) is 53.0 Å². The van der Waals surface area contributed by atoms with Crippen LogP contribution in [0, 0.1) is 5.92 Å². The number of anilines is 1. The molecule has 1 saturated heterocycles. The van der Waals surface area contributed by atoms with Crippen molar-refractivity contribution in [3.63, 3.8) is 0 Å². The number of likely N-dealkylation sites (tertiary alicyclic amines) is 1. The smallest absolute Gasteiger partial charge is 0.263 e. The van der Waals surface area contributed by atoms with Crippen molar-refractivity contribution < 1.29 is 0 Å². The molecular formula is C19H32N6O. The Bertz CT molecular complexity index is 779. The largest absolute Gasteiger partial charge is 0.356 e. The number of unbranched alkanes of at least 4 members (excludes halogenated alkanes) is 1. The van der Waals surface area contributed by atoms with Crippen LogP contribution in [0.3, 0.4) is 0 Å². The van der Waals surface area contributed by atoms with E-state index in [-0.39, 0.29) is 11.1 Å². The van der Waals surface area contributed by atoms with Crippen LogP contribution in [0.4, 0.5) is 5.95 Å². The molecule has 0 aliphatic carbocycles. The Balaban J connectivity index is 1.53. The third kappa shape index (κ3) is 4.44. The lowest BCUT2D eigenvalue weighted by Crippen LogP contribution is -2.33. The number of rotatable bonds is 6. The lowest BCUT2D eigenvalue weighted by Gasteiger charge is -2.30. The highest BCUT2D eigenvalue weighted by Crippen LogP contribution is 2.19. The molecule has 3 heterocycles. The number of piperidine rings is 1. The van der Waals surface area contributed by atoms with Crippen molar-refractivity contribution in [1.82, 2.24) is 24.6 Å². The van der Waals surface area contributed by atoms with E-state index in [1.807, 2.05) is 0 Å². The predicted molar refractivity (Wildman–Crippen MR) is 106 cm³/mol. The van der Waals surface area contributed by atoms with Crippen LogP contribution in [-0.2, 0) is 5.54 Å². The number of aromatic nitrogens is 4. The van der Waals surface area contributed by atoms with Crippen molar-refractivity contribution in [2.24, 2.45) is 5.92 Å². The Hall–Kier alpha value is -1.89. The molecule has 0 radical (unpaired) electrons. The monoisotopic (exact) mass is 360 g/mol. The van der Waals surface area contributed by atoms with E-state index in [9.17, 15) is 4.79 Å². The van der Waals surface area contributed by atoms with Gasteiger partial charge in [-0.15, -0.1) is 0 Å². The summed E-state index contributed by atoms with van der Waals surface area (Å²) in [5.74, 6) is 1.41. The molecule has 0 amide bonds. The van der Waals surface area contributed by atoms with Crippen LogP contribution in [0.15, 0.2) is 11.0 Å². The first kappa shape index (κ1) is 18.9. The second-order valence-electron chi connectivity index (χ2n) is 8.54. The van der Waals surface area contributed by atoms with Crippen molar-refractivity contribution in [2.75, 3.05) is 31.5 Å². The summed E-state index contributed by atoms with van der Waals surface area (Å²) in [5.41, 5.74) is 0.271. The molecule has 2 N–H and O–H groups in total. The van der Waals surface area contributed by atoms with Gasteiger partial charge in [-0.3, -0.25) is 9.78 Å². The first-order valence-electron chi connectivity index (χ1n) is 9.79. The Morgan fingerprint density at radius 2 is 2.00 bits per heavy atom. The van der Waals surface area contributed by atoms with Gasteiger partial charge >= 0.3 is 0 Å². The molecule has 2 aromatic rings. The van der Waals surface area contributed by atoms with Crippen LogP contribution in [0.25, 0.3) is 11.0 Å². The summed E-state index contributed by atoms with van der Waals surface area (Å²) in [6, 6.07) is 0. The van der Waals surface area contributed by atoms with Crippen molar-refractivity contribution in [2.45, 2.75) is 58.9 Å². The summed E-state index contributed by atoms with van der Waals surface area (Å²) in [4.78, 5) is 22.2. The average molecular weight is 361 g/mol. The van der Waals surface area contributed by atoms with Gasteiger partial charge in [0.05, 0.1) is 11.7 Å². The van der Waals surface area contributed by atoms with E-state index in [0.29, 0.717) is 17.0 Å². The van der Waals surface area contributed by atoms with Crippen LogP contribution in [-0.4, -0.2) is 50.8 Å². The third-order valence-corrected chi connectivity index (χ3v) is 5.14. The topological polar surface area (TPSA) is 78.8 Å². The maximum Gasteiger partial charge on any atom is 0.263 e. The van der Waals surface area contributed by atoms with Crippen molar-refractivity contribution >= 4 is 17.0 Å². The van der Waals surface area contributed by atoms with Crippen LogP contribution in [0.1, 0.15) is 53.4 Å². The fourth-order valence-corrected chi connectivity index (χ4v) is 3.45. The number of hydrogen-bond acceptors (Lipinski definition) is 5. The van der Waals surface area contributed by atoms with Crippen LogP contribution in [0.5, 0.6) is 0 Å². The molecule has 26 heavy (non-hydrogen) atoms. The van der Waals surface area contributed by atoms with Crippen LogP contribution >= 0.6 is 0 Å². The zero-order valence-electron chi connectivity index (χ0n) is 16.5. The van der Waals surface area contributed by atoms with E-state index in [1.165, 1.54) is 25.9 Å². The Labute approximate surface area is 155 Å². The molecule has 0 aromatic carbocycles. The van der Waals surface area contributed by atoms with Gasteiger partial charge in [0.15, 0.2) is 5.65 Å². The van der Waals surface area contributed by atoms with E-state index in [1.54, 1.807) is 10.9 Å². The molecule has 0 atom stereocenters. The Kier molecular flexibility index (Phi) is 5.65. The normalized spacial score (nSPS) is 17.1.